The summed E-state index contributed by atoms with van der Waals surface area (Å²) in [7, 11) is 1.84. The summed E-state index contributed by atoms with van der Waals surface area (Å²) in [4.78, 5) is 8.76. The molecule has 0 unspecified atom stereocenters. The minimum absolute atomic E-state index is 0.736. The van der Waals surface area contributed by atoms with Gasteiger partial charge >= 0.3 is 0 Å². The first-order valence-corrected chi connectivity index (χ1v) is 6.33. The van der Waals surface area contributed by atoms with Gasteiger partial charge in [-0.3, -0.25) is 0 Å². The summed E-state index contributed by atoms with van der Waals surface area (Å²) < 4.78 is 0.869. The summed E-state index contributed by atoms with van der Waals surface area (Å²) >= 11 is 3.40. The highest BCUT2D eigenvalue weighted by Crippen LogP contribution is 2.23. The molecule has 0 spiro atoms. The van der Waals surface area contributed by atoms with Crippen molar-refractivity contribution < 1.29 is 0 Å². The van der Waals surface area contributed by atoms with Gasteiger partial charge in [0.15, 0.2) is 5.82 Å². The predicted octanol–water partition coefficient (Wildman–Crippen LogP) is 3.51. The van der Waals surface area contributed by atoms with Gasteiger partial charge in [0.25, 0.3) is 0 Å². The molecule has 1 N–H and O–H groups in total. The van der Waals surface area contributed by atoms with Crippen LogP contribution in [0.4, 0.5) is 5.82 Å². The monoisotopic (exact) mass is 291 g/mol. The molecule has 0 aliphatic carbocycles. The molecule has 0 fully saturated rings. The van der Waals surface area contributed by atoms with Crippen LogP contribution in [0.1, 0.15) is 12.5 Å². The van der Waals surface area contributed by atoms with Gasteiger partial charge < -0.3 is 5.32 Å². The number of aromatic nitrogens is 2. The third kappa shape index (κ3) is 2.64. The van der Waals surface area contributed by atoms with Crippen molar-refractivity contribution in [2.75, 3.05) is 12.4 Å². The van der Waals surface area contributed by atoms with Gasteiger partial charge in [-0.1, -0.05) is 31.2 Å². The molecule has 88 valence electrons. The fourth-order valence-electron chi connectivity index (χ4n) is 1.57. The van der Waals surface area contributed by atoms with Crippen molar-refractivity contribution >= 4 is 21.7 Å². The van der Waals surface area contributed by atoms with Crippen LogP contribution < -0.4 is 5.32 Å². The number of hydrogen-bond acceptors (Lipinski definition) is 3. The van der Waals surface area contributed by atoms with Gasteiger partial charge in [-0.25, -0.2) is 9.97 Å². The first kappa shape index (κ1) is 12.0. The maximum Gasteiger partial charge on any atom is 0.161 e. The number of halogens is 1. The fourth-order valence-corrected chi connectivity index (χ4v) is 1.96. The summed E-state index contributed by atoms with van der Waals surface area (Å²) in [6, 6.07) is 8.34. The van der Waals surface area contributed by atoms with Gasteiger partial charge in [0.05, 0.1) is 4.47 Å². The van der Waals surface area contributed by atoms with E-state index in [1.165, 1.54) is 5.56 Å². The number of aryl methyl sites for hydroxylation is 1. The van der Waals surface area contributed by atoms with E-state index in [-0.39, 0.29) is 0 Å². The van der Waals surface area contributed by atoms with Crippen molar-refractivity contribution in [3.8, 4) is 11.4 Å². The number of hydrogen-bond donors (Lipinski definition) is 1. The molecule has 0 aliphatic rings. The van der Waals surface area contributed by atoms with Gasteiger partial charge in [0.1, 0.15) is 5.82 Å². The minimum atomic E-state index is 0.736. The van der Waals surface area contributed by atoms with Crippen LogP contribution in [0.2, 0.25) is 0 Å². The maximum absolute atomic E-state index is 4.45. The summed E-state index contributed by atoms with van der Waals surface area (Å²) in [5.41, 5.74) is 2.35. The molecule has 0 saturated carbocycles. The number of rotatable bonds is 3. The van der Waals surface area contributed by atoms with E-state index in [1.54, 1.807) is 6.20 Å². The molecule has 0 amide bonds. The van der Waals surface area contributed by atoms with E-state index in [4.69, 9.17) is 0 Å². The molecular formula is C13H14BrN3. The van der Waals surface area contributed by atoms with Gasteiger partial charge in [0, 0.05) is 18.8 Å². The minimum Gasteiger partial charge on any atom is -0.372 e. The van der Waals surface area contributed by atoms with Gasteiger partial charge in [-0.2, -0.15) is 0 Å². The molecule has 17 heavy (non-hydrogen) atoms. The number of benzene rings is 1. The normalized spacial score (nSPS) is 10.3. The van der Waals surface area contributed by atoms with E-state index in [2.05, 4.69) is 62.4 Å². The van der Waals surface area contributed by atoms with Crippen LogP contribution in [-0.4, -0.2) is 17.0 Å². The molecule has 0 aliphatic heterocycles. The van der Waals surface area contributed by atoms with Crippen LogP contribution in [-0.2, 0) is 6.42 Å². The SMILES string of the molecule is CCc1ccc(-c2ncc(Br)c(NC)n2)cc1. The van der Waals surface area contributed by atoms with Crippen molar-refractivity contribution in [3.05, 3.63) is 40.5 Å². The van der Waals surface area contributed by atoms with Crippen LogP contribution in [0.25, 0.3) is 11.4 Å². The molecule has 3 nitrogen and oxygen atoms in total. The van der Waals surface area contributed by atoms with Crippen molar-refractivity contribution in [1.29, 1.82) is 0 Å². The summed E-state index contributed by atoms with van der Waals surface area (Å²) in [5.74, 6) is 1.54. The zero-order chi connectivity index (χ0) is 12.3. The number of nitrogens with one attached hydrogen (secondary N) is 1. The lowest BCUT2D eigenvalue weighted by molar-refractivity contribution is 1.13. The number of anilines is 1. The average molecular weight is 292 g/mol. The Labute approximate surface area is 109 Å². The zero-order valence-corrected chi connectivity index (χ0v) is 11.5. The second-order valence-electron chi connectivity index (χ2n) is 3.69. The number of nitrogens with zero attached hydrogens (tertiary/aromatic N) is 2. The van der Waals surface area contributed by atoms with Crippen molar-refractivity contribution in [2.45, 2.75) is 13.3 Å². The van der Waals surface area contributed by atoms with Crippen LogP contribution in [0.15, 0.2) is 34.9 Å². The molecule has 1 heterocycles. The Morgan fingerprint density at radius 2 is 1.94 bits per heavy atom. The summed E-state index contributed by atoms with van der Waals surface area (Å²) in [5, 5.41) is 3.03. The molecule has 1 aromatic carbocycles. The molecular weight excluding hydrogens is 278 g/mol. The third-order valence-corrected chi connectivity index (χ3v) is 3.18. The Bertz CT molecular complexity index is 509. The van der Waals surface area contributed by atoms with Crippen molar-refractivity contribution in [2.24, 2.45) is 0 Å². The Hall–Kier alpha value is -1.42. The maximum atomic E-state index is 4.45. The summed E-state index contributed by atoms with van der Waals surface area (Å²) in [6.07, 6.45) is 2.81. The van der Waals surface area contributed by atoms with Crippen molar-refractivity contribution in [1.82, 2.24) is 9.97 Å². The lowest BCUT2D eigenvalue weighted by atomic mass is 10.1. The zero-order valence-electron chi connectivity index (χ0n) is 9.87. The largest absolute Gasteiger partial charge is 0.372 e. The molecule has 0 atom stereocenters. The van der Waals surface area contributed by atoms with Gasteiger partial charge in [-0.15, -0.1) is 0 Å². The molecule has 1 aromatic heterocycles. The molecule has 0 radical (unpaired) electrons. The molecule has 4 heteroatoms. The van der Waals surface area contributed by atoms with Crippen LogP contribution in [0.5, 0.6) is 0 Å². The van der Waals surface area contributed by atoms with E-state index >= 15 is 0 Å². The van der Waals surface area contributed by atoms with E-state index in [0.29, 0.717) is 0 Å². The fraction of sp³-hybridized carbons (Fsp3) is 0.231. The van der Waals surface area contributed by atoms with Gasteiger partial charge in [-0.05, 0) is 27.9 Å². The van der Waals surface area contributed by atoms with Crippen molar-refractivity contribution in [3.63, 3.8) is 0 Å². The third-order valence-electron chi connectivity index (χ3n) is 2.60. The topological polar surface area (TPSA) is 37.8 Å². The molecule has 0 saturated heterocycles. The van der Waals surface area contributed by atoms with Crippen LogP contribution >= 0.6 is 15.9 Å². The molecule has 2 rings (SSSR count). The Morgan fingerprint density at radius 1 is 1.24 bits per heavy atom. The quantitative estimate of drug-likeness (QED) is 0.940. The first-order chi connectivity index (χ1) is 8.24. The smallest absolute Gasteiger partial charge is 0.161 e. The molecule has 2 aromatic rings. The average Bonchev–Trinajstić information content (AvgIpc) is 2.39. The predicted molar refractivity (Wildman–Crippen MR) is 74.1 cm³/mol. The highest BCUT2D eigenvalue weighted by molar-refractivity contribution is 9.10. The lowest BCUT2D eigenvalue weighted by Crippen LogP contribution is -1.97. The molecule has 0 bridgehead atoms. The van der Waals surface area contributed by atoms with E-state index in [1.807, 2.05) is 7.05 Å². The Kier molecular flexibility index (Phi) is 3.74. The highest BCUT2D eigenvalue weighted by atomic mass is 79.9. The van der Waals surface area contributed by atoms with E-state index in [0.717, 1.165) is 28.1 Å². The second-order valence-corrected chi connectivity index (χ2v) is 4.54. The Balaban J connectivity index is 2.38. The highest BCUT2D eigenvalue weighted by Gasteiger charge is 2.05. The lowest BCUT2D eigenvalue weighted by Gasteiger charge is -2.06. The standard InChI is InChI=1S/C13H14BrN3/c1-3-9-4-6-10(7-5-9)12-16-8-11(14)13(15-2)17-12/h4-8H,3H2,1-2H3,(H,15,16,17). The second kappa shape index (κ2) is 5.27. The summed E-state index contributed by atoms with van der Waals surface area (Å²) in [6.45, 7) is 2.14. The van der Waals surface area contributed by atoms with Gasteiger partial charge in [0.2, 0.25) is 0 Å². The van der Waals surface area contributed by atoms with E-state index < -0.39 is 0 Å². The van der Waals surface area contributed by atoms with Crippen LogP contribution in [0.3, 0.4) is 0 Å². The van der Waals surface area contributed by atoms with Crippen LogP contribution in [0, 0.1) is 0 Å². The Morgan fingerprint density at radius 3 is 2.53 bits per heavy atom. The first-order valence-electron chi connectivity index (χ1n) is 5.54. The van der Waals surface area contributed by atoms with E-state index in [9.17, 15) is 0 Å².